The molecule has 0 radical (unpaired) electrons. The number of pyridine rings is 1. The maximum Gasteiger partial charge on any atom is 0.266 e. The third kappa shape index (κ3) is 5.14. The first-order valence-electron chi connectivity index (χ1n) is 10.4. The molecule has 0 aliphatic rings. The number of rotatable bonds is 6. The average Bonchev–Trinajstić information content (AvgIpc) is 2.74. The molecule has 170 valence electrons. The van der Waals surface area contributed by atoms with Gasteiger partial charge in [0.15, 0.2) is 5.58 Å². The van der Waals surface area contributed by atoms with Crippen LogP contribution in [0.2, 0.25) is 10.0 Å². The number of benzene rings is 1. The third-order valence-corrected chi connectivity index (χ3v) is 5.90. The number of likely N-dealkylation sites (N-methyl/N-ethyl adjacent to an activating group) is 1. The summed E-state index contributed by atoms with van der Waals surface area (Å²) in [6, 6.07) is 6.70. The highest BCUT2D eigenvalue weighted by Gasteiger charge is 2.25. The lowest BCUT2D eigenvalue weighted by Gasteiger charge is -2.25. The molecular weight excluding hydrogens is 449 g/mol. The van der Waals surface area contributed by atoms with E-state index in [0.717, 1.165) is 18.4 Å². The number of aromatic nitrogens is 1. The molecule has 3 aromatic rings. The highest BCUT2D eigenvalue weighted by molar-refractivity contribution is 6.38. The topological polar surface area (TPSA) is 66.7 Å². The van der Waals surface area contributed by atoms with E-state index in [1.165, 1.54) is 17.0 Å². The van der Waals surface area contributed by atoms with Gasteiger partial charge in [-0.25, -0.2) is 4.98 Å². The van der Waals surface area contributed by atoms with E-state index in [2.05, 4.69) is 30.7 Å². The normalized spacial score (nSPS) is 11.9. The van der Waals surface area contributed by atoms with Crippen molar-refractivity contribution >= 4 is 45.9 Å². The number of hydrogen-bond acceptors (Lipinski definition) is 5. The van der Waals surface area contributed by atoms with Gasteiger partial charge in [-0.3, -0.25) is 14.5 Å². The minimum atomic E-state index is -0.489. The molecule has 0 spiro atoms. The zero-order valence-corrected chi connectivity index (χ0v) is 20.4. The Morgan fingerprint density at radius 3 is 2.47 bits per heavy atom. The number of anilines is 1. The molecule has 1 aromatic carbocycles. The van der Waals surface area contributed by atoms with Crippen molar-refractivity contribution in [3.05, 3.63) is 68.1 Å². The van der Waals surface area contributed by atoms with Gasteiger partial charge >= 0.3 is 0 Å². The van der Waals surface area contributed by atoms with E-state index in [1.807, 2.05) is 20.0 Å². The van der Waals surface area contributed by atoms with Crippen LogP contribution < -0.4 is 10.3 Å². The van der Waals surface area contributed by atoms with Gasteiger partial charge in [0.25, 0.3) is 5.91 Å². The second kappa shape index (κ2) is 9.61. The molecule has 0 aliphatic heterocycles. The molecule has 0 unspecified atom stereocenters. The summed E-state index contributed by atoms with van der Waals surface area (Å²) in [5.41, 5.74) is 0.592. The maximum absolute atomic E-state index is 13.5. The van der Waals surface area contributed by atoms with Crippen molar-refractivity contribution in [3.63, 3.8) is 0 Å². The predicted molar refractivity (Wildman–Crippen MR) is 130 cm³/mol. The van der Waals surface area contributed by atoms with Crippen LogP contribution in [0.1, 0.15) is 43.6 Å². The molecule has 0 aliphatic carbocycles. The van der Waals surface area contributed by atoms with Crippen LogP contribution in [0.3, 0.4) is 0 Å². The smallest absolute Gasteiger partial charge is 0.266 e. The number of carbonyl (C=O) groups is 1. The highest BCUT2D eigenvalue weighted by Crippen LogP contribution is 2.27. The molecule has 2 heterocycles. The second-order valence-corrected chi connectivity index (χ2v) is 9.59. The second-order valence-electron chi connectivity index (χ2n) is 8.75. The Kier molecular flexibility index (Phi) is 7.28. The largest absolute Gasteiger partial charge is 0.462 e. The van der Waals surface area contributed by atoms with Crippen molar-refractivity contribution in [2.75, 3.05) is 31.6 Å². The standard InChI is InChI=1S/C24H27Cl2N3O3/c1-6-28(5)9-10-29(20-8-7-15(13-27-20)24(2,3)4)23(31)18-14-32-22-17(21(18)30)11-16(25)12-19(22)26/h7-8,11-14H,6,9-10H2,1-5H3. The zero-order chi connectivity index (χ0) is 23.6. The Morgan fingerprint density at radius 1 is 1.16 bits per heavy atom. The summed E-state index contributed by atoms with van der Waals surface area (Å²) < 4.78 is 5.56. The molecule has 0 atom stereocenters. The quantitative estimate of drug-likeness (QED) is 0.477. The SMILES string of the molecule is CCN(C)CCN(C(=O)c1coc2c(Cl)cc(Cl)cc2c1=O)c1ccc(C(C)(C)C)cn1. The van der Waals surface area contributed by atoms with Gasteiger partial charge in [0, 0.05) is 24.3 Å². The number of fused-ring (bicyclic) bond motifs is 1. The molecule has 0 N–H and O–H groups in total. The van der Waals surface area contributed by atoms with E-state index in [1.54, 1.807) is 12.3 Å². The minimum absolute atomic E-state index is 0.0687. The molecular formula is C24H27Cl2N3O3. The van der Waals surface area contributed by atoms with Crippen molar-refractivity contribution in [3.8, 4) is 0 Å². The van der Waals surface area contributed by atoms with E-state index < -0.39 is 11.3 Å². The number of carbonyl (C=O) groups excluding carboxylic acids is 1. The summed E-state index contributed by atoms with van der Waals surface area (Å²) in [6.45, 7) is 10.1. The lowest BCUT2D eigenvalue weighted by atomic mass is 9.88. The fourth-order valence-corrected chi connectivity index (χ4v) is 3.73. The van der Waals surface area contributed by atoms with E-state index in [9.17, 15) is 9.59 Å². The van der Waals surface area contributed by atoms with Crippen LogP contribution in [-0.4, -0.2) is 42.5 Å². The van der Waals surface area contributed by atoms with Crippen LogP contribution in [0, 0.1) is 0 Å². The molecule has 1 amide bonds. The Bertz CT molecular complexity index is 1180. The molecule has 2 aromatic heterocycles. The number of nitrogens with zero attached hydrogens (tertiary/aromatic N) is 3. The predicted octanol–water partition coefficient (Wildman–Crippen LogP) is 5.39. The number of hydrogen-bond donors (Lipinski definition) is 0. The molecule has 0 bridgehead atoms. The molecule has 0 saturated carbocycles. The summed E-state index contributed by atoms with van der Waals surface area (Å²) in [7, 11) is 1.97. The van der Waals surface area contributed by atoms with Gasteiger partial charge in [0.05, 0.1) is 10.4 Å². The summed E-state index contributed by atoms with van der Waals surface area (Å²) in [5, 5.41) is 0.666. The lowest BCUT2D eigenvalue weighted by Crippen LogP contribution is -2.40. The molecule has 8 heteroatoms. The summed E-state index contributed by atoms with van der Waals surface area (Å²) in [4.78, 5) is 34.7. The molecule has 0 fully saturated rings. The maximum atomic E-state index is 13.5. The van der Waals surface area contributed by atoms with Crippen LogP contribution in [0.4, 0.5) is 5.82 Å². The van der Waals surface area contributed by atoms with Crippen molar-refractivity contribution < 1.29 is 9.21 Å². The van der Waals surface area contributed by atoms with Crippen molar-refractivity contribution in [2.24, 2.45) is 0 Å². The first-order chi connectivity index (χ1) is 15.0. The molecule has 6 nitrogen and oxygen atoms in total. The first kappa shape index (κ1) is 24.2. The Morgan fingerprint density at radius 2 is 1.88 bits per heavy atom. The Balaban J connectivity index is 2.05. The van der Waals surface area contributed by atoms with Gasteiger partial charge in [-0.2, -0.15) is 0 Å². The van der Waals surface area contributed by atoms with Gasteiger partial charge in [0.1, 0.15) is 17.6 Å². The van der Waals surface area contributed by atoms with Crippen LogP contribution in [-0.2, 0) is 5.41 Å². The number of halogens is 2. The molecule has 3 rings (SSSR count). The third-order valence-electron chi connectivity index (χ3n) is 5.40. The van der Waals surface area contributed by atoms with Gasteiger partial charge < -0.3 is 9.32 Å². The molecule has 0 saturated heterocycles. The molecule has 32 heavy (non-hydrogen) atoms. The minimum Gasteiger partial charge on any atom is -0.462 e. The van der Waals surface area contributed by atoms with Gasteiger partial charge in [-0.1, -0.05) is 57.0 Å². The zero-order valence-electron chi connectivity index (χ0n) is 18.9. The van der Waals surface area contributed by atoms with Gasteiger partial charge in [-0.15, -0.1) is 0 Å². The average molecular weight is 476 g/mol. The fourth-order valence-electron chi connectivity index (χ4n) is 3.20. The van der Waals surface area contributed by atoms with E-state index in [4.69, 9.17) is 27.6 Å². The van der Waals surface area contributed by atoms with E-state index in [-0.39, 0.29) is 27.0 Å². The van der Waals surface area contributed by atoms with Crippen molar-refractivity contribution in [1.29, 1.82) is 0 Å². The van der Waals surface area contributed by atoms with Crippen molar-refractivity contribution in [2.45, 2.75) is 33.1 Å². The Hall–Kier alpha value is -2.41. The monoisotopic (exact) mass is 475 g/mol. The van der Waals surface area contributed by atoms with Crippen LogP contribution >= 0.6 is 23.2 Å². The van der Waals surface area contributed by atoms with Crippen LogP contribution in [0.15, 0.2) is 45.9 Å². The van der Waals surface area contributed by atoms with Crippen molar-refractivity contribution in [1.82, 2.24) is 9.88 Å². The van der Waals surface area contributed by atoms with Gasteiger partial charge in [0.2, 0.25) is 5.43 Å². The van der Waals surface area contributed by atoms with E-state index >= 15 is 0 Å². The summed E-state index contributed by atoms with van der Waals surface area (Å²) in [5.74, 6) is -0.0200. The fraction of sp³-hybridized carbons (Fsp3) is 0.375. The first-order valence-corrected chi connectivity index (χ1v) is 11.2. The number of amides is 1. The van der Waals surface area contributed by atoms with Crippen LogP contribution in [0.25, 0.3) is 11.0 Å². The van der Waals surface area contributed by atoms with Crippen LogP contribution in [0.5, 0.6) is 0 Å². The van der Waals surface area contributed by atoms with Gasteiger partial charge in [-0.05, 0) is 42.8 Å². The summed E-state index contributed by atoms with van der Waals surface area (Å²) >= 11 is 12.2. The highest BCUT2D eigenvalue weighted by atomic mass is 35.5. The Labute approximate surface area is 197 Å². The van der Waals surface area contributed by atoms with E-state index in [0.29, 0.717) is 23.9 Å². The lowest BCUT2D eigenvalue weighted by molar-refractivity contribution is 0.0981. The summed E-state index contributed by atoms with van der Waals surface area (Å²) in [6.07, 6.45) is 2.93.